The van der Waals surface area contributed by atoms with Gasteiger partial charge in [0, 0.05) is 5.69 Å². The van der Waals surface area contributed by atoms with E-state index < -0.39 is 0 Å². The van der Waals surface area contributed by atoms with E-state index in [4.69, 9.17) is 4.74 Å². The number of hydrogen-bond acceptors (Lipinski definition) is 3. The van der Waals surface area contributed by atoms with Gasteiger partial charge in [0.15, 0.2) is 0 Å². The quantitative estimate of drug-likeness (QED) is 0.489. The lowest BCUT2D eigenvalue weighted by Gasteiger charge is -2.09. The first-order valence-corrected chi connectivity index (χ1v) is 9.05. The van der Waals surface area contributed by atoms with Crippen molar-refractivity contribution in [2.24, 2.45) is 0 Å². The molecule has 27 heavy (non-hydrogen) atoms. The first-order chi connectivity index (χ1) is 13.2. The van der Waals surface area contributed by atoms with Gasteiger partial charge in [-0.05, 0) is 85.0 Å². The van der Waals surface area contributed by atoms with Gasteiger partial charge in [-0.2, -0.15) is 0 Å². The molecule has 3 aromatic carbocycles. The van der Waals surface area contributed by atoms with Crippen LogP contribution in [0.1, 0.15) is 17.5 Å². The molecule has 1 aliphatic rings. The minimum Gasteiger partial charge on any atom is -0.457 e. The Morgan fingerprint density at radius 1 is 0.889 bits per heavy atom. The fourth-order valence-corrected chi connectivity index (χ4v) is 3.53. The lowest BCUT2D eigenvalue weighted by atomic mass is 10.1. The summed E-state index contributed by atoms with van der Waals surface area (Å²) < 4.78 is 19.3. The number of benzene rings is 3. The highest BCUT2D eigenvalue weighted by Gasteiger charge is 2.11. The summed E-state index contributed by atoms with van der Waals surface area (Å²) in [5.74, 6) is 1.94. The number of nitrogens with zero attached hydrogens (tertiary/aromatic N) is 1. The van der Waals surface area contributed by atoms with E-state index in [2.05, 4.69) is 27.4 Å². The lowest BCUT2D eigenvalue weighted by Crippen LogP contribution is -1.92. The normalized spacial score (nSPS) is 12.9. The van der Waals surface area contributed by atoms with Gasteiger partial charge in [0.2, 0.25) is 5.95 Å². The Bertz CT molecular complexity index is 1120. The number of nitrogens with one attached hydrogen (secondary N) is 2. The maximum Gasteiger partial charge on any atom is 0.205 e. The molecule has 5 heteroatoms. The highest BCUT2D eigenvalue weighted by Crippen LogP contribution is 2.29. The van der Waals surface area contributed by atoms with Gasteiger partial charge in [-0.1, -0.05) is 6.07 Å². The zero-order valence-electron chi connectivity index (χ0n) is 14.6. The Morgan fingerprint density at radius 3 is 2.59 bits per heavy atom. The molecule has 0 saturated carbocycles. The van der Waals surface area contributed by atoms with E-state index >= 15 is 0 Å². The number of H-pyrrole nitrogens is 1. The number of imidazole rings is 1. The Kier molecular flexibility index (Phi) is 3.78. The molecule has 0 spiro atoms. The number of aryl methyl sites for hydroxylation is 2. The first kappa shape index (κ1) is 15.9. The molecule has 0 bridgehead atoms. The average molecular weight is 359 g/mol. The lowest BCUT2D eigenvalue weighted by molar-refractivity contribution is 0.482. The van der Waals surface area contributed by atoms with E-state index in [1.807, 2.05) is 30.3 Å². The van der Waals surface area contributed by atoms with Crippen molar-refractivity contribution in [3.8, 4) is 11.5 Å². The second-order valence-electron chi connectivity index (χ2n) is 6.78. The maximum atomic E-state index is 13.3. The number of ether oxygens (including phenoxy) is 1. The third-order valence-corrected chi connectivity index (χ3v) is 4.87. The van der Waals surface area contributed by atoms with Crippen LogP contribution in [-0.2, 0) is 12.8 Å². The van der Waals surface area contributed by atoms with Crippen LogP contribution in [0.2, 0.25) is 0 Å². The molecule has 0 saturated heterocycles. The summed E-state index contributed by atoms with van der Waals surface area (Å²) in [6, 6.07) is 18.5. The molecule has 0 atom stereocenters. The van der Waals surface area contributed by atoms with Crippen LogP contribution in [-0.4, -0.2) is 9.97 Å². The third-order valence-electron chi connectivity index (χ3n) is 4.87. The van der Waals surface area contributed by atoms with Crippen LogP contribution in [0.15, 0.2) is 60.7 Å². The Balaban J connectivity index is 1.30. The Hall–Kier alpha value is -3.34. The van der Waals surface area contributed by atoms with Crippen molar-refractivity contribution in [3.05, 3.63) is 77.6 Å². The number of hydrogen-bond donors (Lipinski definition) is 2. The molecule has 4 nitrogen and oxygen atoms in total. The second kappa shape index (κ2) is 6.43. The van der Waals surface area contributed by atoms with Crippen molar-refractivity contribution in [2.45, 2.75) is 19.3 Å². The monoisotopic (exact) mass is 359 g/mol. The Labute approximate surface area is 156 Å². The van der Waals surface area contributed by atoms with Crippen molar-refractivity contribution >= 4 is 22.7 Å². The molecule has 1 aliphatic carbocycles. The van der Waals surface area contributed by atoms with E-state index in [1.54, 1.807) is 6.07 Å². The van der Waals surface area contributed by atoms with Gasteiger partial charge in [-0.3, -0.25) is 0 Å². The average Bonchev–Trinajstić information content (AvgIpc) is 3.28. The molecule has 5 rings (SSSR count). The standard InChI is InChI=1S/C22H18FN3O/c23-16-5-11-20-21(13-16)26-22(25-20)24-17-6-9-18(10-7-17)27-19-8-4-14-2-1-3-15(14)12-19/h4-13H,1-3H2,(H2,24,25,26). The molecule has 0 unspecified atom stereocenters. The van der Waals surface area contributed by atoms with Crippen LogP contribution in [0.5, 0.6) is 11.5 Å². The van der Waals surface area contributed by atoms with Gasteiger partial charge in [0.25, 0.3) is 0 Å². The van der Waals surface area contributed by atoms with Gasteiger partial charge in [0.1, 0.15) is 17.3 Å². The Morgan fingerprint density at radius 2 is 1.70 bits per heavy atom. The van der Waals surface area contributed by atoms with Crippen LogP contribution in [0.25, 0.3) is 11.0 Å². The van der Waals surface area contributed by atoms with E-state index in [9.17, 15) is 4.39 Å². The van der Waals surface area contributed by atoms with Crippen LogP contribution in [0.3, 0.4) is 0 Å². The zero-order valence-corrected chi connectivity index (χ0v) is 14.6. The van der Waals surface area contributed by atoms with Crippen LogP contribution >= 0.6 is 0 Å². The zero-order chi connectivity index (χ0) is 18.2. The summed E-state index contributed by atoms with van der Waals surface area (Å²) in [5, 5.41) is 3.19. The summed E-state index contributed by atoms with van der Waals surface area (Å²) in [4.78, 5) is 7.48. The highest BCUT2D eigenvalue weighted by atomic mass is 19.1. The van der Waals surface area contributed by atoms with Gasteiger partial charge in [-0.25, -0.2) is 9.37 Å². The molecular weight excluding hydrogens is 341 g/mol. The molecular formula is C22H18FN3O. The van der Waals surface area contributed by atoms with Crippen molar-refractivity contribution in [2.75, 3.05) is 5.32 Å². The SMILES string of the molecule is Fc1ccc2nc(Nc3ccc(Oc4ccc5c(c4)CCC5)cc3)[nH]c2c1. The smallest absolute Gasteiger partial charge is 0.205 e. The molecule has 0 aliphatic heterocycles. The minimum atomic E-state index is -0.286. The number of aromatic nitrogens is 2. The number of halogens is 1. The van der Waals surface area contributed by atoms with E-state index in [1.165, 1.54) is 36.1 Å². The molecule has 0 amide bonds. The summed E-state index contributed by atoms with van der Waals surface area (Å²) in [6.07, 6.45) is 3.54. The van der Waals surface area contributed by atoms with E-state index in [0.717, 1.165) is 29.1 Å². The van der Waals surface area contributed by atoms with Gasteiger partial charge < -0.3 is 15.0 Å². The number of fused-ring (bicyclic) bond motifs is 2. The fourth-order valence-electron chi connectivity index (χ4n) is 3.53. The third kappa shape index (κ3) is 3.24. The van der Waals surface area contributed by atoms with Crippen molar-refractivity contribution < 1.29 is 9.13 Å². The maximum absolute atomic E-state index is 13.3. The molecule has 2 N–H and O–H groups in total. The van der Waals surface area contributed by atoms with Crippen LogP contribution in [0.4, 0.5) is 16.0 Å². The first-order valence-electron chi connectivity index (χ1n) is 9.05. The molecule has 1 aromatic heterocycles. The molecule has 0 fully saturated rings. The fraction of sp³-hybridized carbons (Fsp3) is 0.136. The van der Waals surface area contributed by atoms with E-state index in [0.29, 0.717) is 11.5 Å². The number of aromatic amines is 1. The summed E-state index contributed by atoms with van der Waals surface area (Å²) in [7, 11) is 0. The number of rotatable bonds is 4. The van der Waals surface area contributed by atoms with Crippen LogP contribution in [0, 0.1) is 5.82 Å². The largest absolute Gasteiger partial charge is 0.457 e. The molecule has 134 valence electrons. The highest BCUT2D eigenvalue weighted by molar-refractivity contribution is 5.78. The van der Waals surface area contributed by atoms with Gasteiger partial charge in [-0.15, -0.1) is 0 Å². The van der Waals surface area contributed by atoms with Gasteiger partial charge >= 0.3 is 0 Å². The van der Waals surface area contributed by atoms with Crippen molar-refractivity contribution in [3.63, 3.8) is 0 Å². The predicted molar refractivity (Wildman–Crippen MR) is 104 cm³/mol. The number of anilines is 2. The van der Waals surface area contributed by atoms with Crippen molar-refractivity contribution in [1.82, 2.24) is 9.97 Å². The summed E-state index contributed by atoms with van der Waals surface area (Å²) in [6.45, 7) is 0. The van der Waals surface area contributed by atoms with Gasteiger partial charge in [0.05, 0.1) is 11.0 Å². The van der Waals surface area contributed by atoms with Crippen LogP contribution < -0.4 is 10.1 Å². The second-order valence-corrected chi connectivity index (χ2v) is 6.78. The minimum absolute atomic E-state index is 0.286. The topological polar surface area (TPSA) is 49.9 Å². The molecule has 1 heterocycles. The van der Waals surface area contributed by atoms with E-state index in [-0.39, 0.29) is 5.82 Å². The summed E-state index contributed by atoms with van der Waals surface area (Å²) in [5.41, 5.74) is 5.08. The van der Waals surface area contributed by atoms with Crippen molar-refractivity contribution in [1.29, 1.82) is 0 Å². The summed E-state index contributed by atoms with van der Waals surface area (Å²) >= 11 is 0. The molecule has 0 radical (unpaired) electrons. The molecule has 4 aromatic rings. The predicted octanol–water partition coefficient (Wildman–Crippen LogP) is 5.73.